The van der Waals surface area contributed by atoms with E-state index in [2.05, 4.69) is 52.5 Å². The summed E-state index contributed by atoms with van der Waals surface area (Å²) in [5.74, 6) is -0.231. The second-order valence-electron chi connectivity index (χ2n) is 6.63. The van der Waals surface area contributed by atoms with Crippen molar-refractivity contribution in [2.75, 3.05) is 26.2 Å². The monoisotopic (exact) mass is 347 g/mol. The molecule has 132 valence electrons. The fourth-order valence-electron chi connectivity index (χ4n) is 3.41. The van der Waals surface area contributed by atoms with Crippen LogP contribution in [0.25, 0.3) is 10.8 Å². The lowest BCUT2D eigenvalue weighted by Crippen LogP contribution is -2.43. The van der Waals surface area contributed by atoms with Gasteiger partial charge in [0.15, 0.2) is 0 Å². The standard InChI is InChI=1S/C22H22FN3/c23-22-11-4-2-7-19(22)16-24-26-14-12-25(13-15-26)17-20-9-5-8-18-6-1-3-10-21(18)20/h1-11,16H,12-15,17H2/b24-16-. The van der Waals surface area contributed by atoms with Crippen LogP contribution in [0.1, 0.15) is 11.1 Å². The Labute approximate surface area is 153 Å². The van der Waals surface area contributed by atoms with Gasteiger partial charge in [0.2, 0.25) is 0 Å². The van der Waals surface area contributed by atoms with Crippen LogP contribution in [0, 0.1) is 5.82 Å². The van der Waals surface area contributed by atoms with Crippen LogP contribution in [0.3, 0.4) is 0 Å². The lowest BCUT2D eigenvalue weighted by molar-refractivity contribution is 0.131. The van der Waals surface area contributed by atoms with E-state index in [0.717, 1.165) is 32.7 Å². The first-order valence-corrected chi connectivity index (χ1v) is 9.02. The van der Waals surface area contributed by atoms with Crippen molar-refractivity contribution in [1.82, 2.24) is 9.91 Å². The summed E-state index contributed by atoms with van der Waals surface area (Å²) in [6.07, 6.45) is 1.62. The Morgan fingerprint density at radius 3 is 2.42 bits per heavy atom. The fraction of sp³-hybridized carbons (Fsp3) is 0.227. The van der Waals surface area contributed by atoms with Gasteiger partial charge in [-0.05, 0) is 22.4 Å². The maximum Gasteiger partial charge on any atom is 0.132 e. The molecule has 1 aliphatic heterocycles. The molecule has 1 fully saturated rings. The topological polar surface area (TPSA) is 18.8 Å². The highest BCUT2D eigenvalue weighted by Crippen LogP contribution is 2.20. The zero-order valence-corrected chi connectivity index (χ0v) is 14.7. The molecule has 0 spiro atoms. The van der Waals surface area contributed by atoms with Crippen molar-refractivity contribution in [1.29, 1.82) is 0 Å². The van der Waals surface area contributed by atoms with E-state index in [1.807, 2.05) is 11.1 Å². The minimum atomic E-state index is -0.231. The van der Waals surface area contributed by atoms with Crippen molar-refractivity contribution >= 4 is 17.0 Å². The Morgan fingerprint density at radius 2 is 1.58 bits per heavy atom. The Balaban J connectivity index is 1.37. The summed E-state index contributed by atoms with van der Waals surface area (Å²) in [6.45, 7) is 4.58. The van der Waals surface area contributed by atoms with Crippen molar-refractivity contribution in [3.63, 3.8) is 0 Å². The molecular weight excluding hydrogens is 325 g/mol. The number of halogens is 1. The lowest BCUT2D eigenvalue weighted by atomic mass is 10.0. The van der Waals surface area contributed by atoms with E-state index in [9.17, 15) is 4.39 Å². The molecule has 1 saturated heterocycles. The van der Waals surface area contributed by atoms with Crippen LogP contribution >= 0.6 is 0 Å². The molecule has 0 aliphatic carbocycles. The second kappa shape index (κ2) is 7.67. The molecule has 3 nitrogen and oxygen atoms in total. The van der Waals surface area contributed by atoms with Gasteiger partial charge in [0.05, 0.1) is 6.21 Å². The third-order valence-corrected chi connectivity index (χ3v) is 4.89. The van der Waals surface area contributed by atoms with Gasteiger partial charge in [-0.3, -0.25) is 9.91 Å². The largest absolute Gasteiger partial charge is 0.295 e. The van der Waals surface area contributed by atoms with Crippen molar-refractivity contribution in [2.45, 2.75) is 6.54 Å². The summed E-state index contributed by atoms with van der Waals surface area (Å²) >= 11 is 0. The van der Waals surface area contributed by atoms with E-state index in [1.165, 1.54) is 22.4 Å². The minimum absolute atomic E-state index is 0.231. The van der Waals surface area contributed by atoms with Gasteiger partial charge >= 0.3 is 0 Å². The zero-order valence-electron chi connectivity index (χ0n) is 14.7. The van der Waals surface area contributed by atoms with Crippen LogP contribution in [-0.4, -0.2) is 42.3 Å². The van der Waals surface area contributed by atoms with Gasteiger partial charge in [0.1, 0.15) is 5.82 Å². The van der Waals surface area contributed by atoms with Crippen LogP contribution in [0.15, 0.2) is 71.8 Å². The van der Waals surface area contributed by atoms with E-state index < -0.39 is 0 Å². The number of hydrogen-bond donors (Lipinski definition) is 0. The SMILES string of the molecule is Fc1ccccc1/C=N\N1CCN(Cc2cccc3ccccc23)CC1. The lowest BCUT2D eigenvalue weighted by Gasteiger charge is -2.33. The van der Waals surface area contributed by atoms with Gasteiger partial charge in [0, 0.05) is 38.3 Å². The number of hydrogen-bond acceptors (Lipinski definition) is 3. The molecule has 26 heavy (non-hydrogen) atoms. The van der Waals surface area contributed by atoms with Gasteiger partial charge < -0.3 is 0 Å². The third kappa shape index (κ3) is 3.75. The van der Waals surface area contributed by atoms with E-state index in [0.29, 0.717) is 5.56 Å². The van der Waals surface area contributed by atoms with E-state index >= 15 is 0 Å². The summed E-state index contributed by atoms with van der Waals surface area (Å²) in [4.78, 5) is 2.46. The van der Waals surface area contributed by atoms with Gasteiger partial charge in [-0.25, -0.2) is 4.39 Å². The number of hydrazone groups is 1. The highest BCUT2D eigenvalue weighted by molar-refractivity contribution is 5.85. The first-order valence-electron chi connectivity index (χ1n) is 9.02. The van der Waals surface area contributed by atoms with Crippen molar-refractivity contribution < 1.29 is 4.39 Å². The molecule has 0 saturated carbocycles. The smallest absolute Gasteiger partial charge is 0.132 e. The Kier molecular flexibility index (Phi) is 4.93. The molecule has 4 rings (SSSR count). The van der Waals surface area contributed by atoms with E-state index in [1.54, 1.807) is 18.3 Å². The van der Waals surface area contributed by atoms with Gasteiger partial charge in [-0.2, -0.15) is 5.10 Å². The molecule has 0 atom stereocenters. The normalized spacial score (nSPS) is 15.8. The summed E-state index contributed by atoms with van der Waals surface area (Å²) < 4.78 is 13.7. The maximum absolute atomic E-state index is 13.7. The average molecular weight is 347 g/mol. The van der Waals surface area contributed by atoms with Gasteiger partial charge in [-0.15, -0.1) is 0 Å². The summed E-state index contributed by atoms with van der Waals surface area (Å²) in [6, 6.07) is 21.8. The number of rotatable bonds is 4. The highest BCUT2D eigenvalue weighted by atomic mass is 19.1. The Morgan fingerprint density at radius 1 is 0.846 bits per heavy atom. The molecule has 0 amide bonds. The molecule has 0 N–H and O–H groups in total. The molecule has 1 heterocycles. The predicted octanol–water partition coefficient (Wildman–Crippen LogP) is 4.13. The highest BCUT2D eigenvalue weighted by Gasteiger charge is 2.16. The van der Waals surface area contributed by atoms with Crippen molar-refractivity contribution in [3.05, 3.63) is 83.7 Å². The van der Waals surface area contributed by atoms with Crippen LogP contribution < -0.4 is 0 Å². The summed E-state index contributed by atoms with van der Waals surface area (Å²) in [5.41, 5.74) is 1.90. The number of benzene rings is 3. The molecule has 0 aromatic heterocycles. The number of piperazine rings is 1. The van der Waals surface area contributed by atoms with Crippen LogP contribution in [-0.2, 0) is 6.54 Å². The molecule has 0 radical (unpaired) electrons. The molecule has 1 aliphatic rings. The van der Waals surface area contributed by atoms with E-state index in [4.69, 9.17) is 0 Å². The quantitative estimate of drug-likeness (QED) is 0.661. The average Bonchev–Trinajstić information content (AvgIpc) is 2.69. The maximum atomic E-state index is 13.7. The first kappa shape index (κ1) is 16.7. The molecule has 0 unspecified atom stereocenters. The third-order valence-electron chi connectivity index (χ3n) is 4.89. The molecular formula is C22H22FN3. The van der Waals surface area contributed by atoms with Crippen molar-refractivity contribution in [3.8, 4) is 0 Å². The van der Waals surface area contributed by atoms with Crippen molar-refractivity contribution in [2.24, 2.45) is 5.10 Å². The van der Waals surface area contributed by atoms with Gasteiger partial charge in [-0.1, -0.05) is 60.7 Å². The Bertz CT molecular complexity index is 909. The predicted molar refractivity (Wildman–Crippen MR) is 105 cm³/mol. The molecule has 3 aromatic carbocycles. The first-order chi connectivity index (χ1) is 12.8. The van der Waals surface area contributed by atoms with Gasteiger partial charge in [0.25, 0.3) is 0 Å². The van der Waals surface area contributed by atoms with Crippen LogP contribution in [0.5, 0.6) is 0 Å². The van der Waals surface area contributed by atoms with Crippen LogP contribution in [0.2, 0.25) is 0 Å². The van der Waals surface area contributed by atoms with Crippen LogP contribution in [0.4, 0.5) is 4.39 Å². The second-order valence-corrected chi connectivity index (χ2v) is 6.63. The minimum Gasteiger partial charge on any atom is -0.295 e. The Hall–Kier alpha value is -2.72. The number of fused-ring (bicyclic) bond motifs is 1. The summed E-state index contributed by atoms with van der Waals surface area (Å²) in [5, 5.41) is 9.09. The molecule has 0 bridgehead atoms. The van der Waals surface area contributed by atoms with E-state index in [-0.39, 0.29) is 5.82 Å². The number of nitrogens with zero attached hydrogens (tertiary/aromatic N) is 3. The molecule has 4 heteroatoms. The fourth-order valence-corrected chi connectivity index (χ4v) is 3.41. The summed E-state index contributed by atoms with van der Waals surface area (Å²) in [7, 11) is 0. The zero-order chi connectivity index (χ0) is 17.8. The molecule has 3 aromatic rings.